The highest BCUT2D eigenvalue weighted by Crippen LogP contribution is 2.47. The molecule has 2 unspecified atom stereocenters. The van der Waals surface area contributed by atoms with Crippen LogP contribution in [-0.2, 0) is 16.6 Å². The summed E-state index contributed by atoms with van der Waals surface area (Å²) in [6.45, 7) is 9.53. The first kappa shape index (κ1) is 17.2. The lowest BCUT2D eigenvalue weighted by Crippen LogP contribution is -2.48. The van der Waals surface area contributed by atoms with Gasteiger partial charge < -0.3 is 4.74 Å². The van der Waals surface area contributed by atoms with Crippen molar-refractivity contribution in [3.05, 3.63) is 78.5 Å². The summed E-state index contributed by atoms with van der Waals surface area (Å²) in [5, 5.41) is 0. The van der Waals surface area contributed by atoms with Gasteiger partial charge in [0, 0.05) is 12.0 Å². The van der Waals surface area contributed by atoms with Crippen molar-refractivity contribution in [2.75, 3.05) is 6.61 Å². The third-order valence-electron chi connectivity index (χ3n) is 5.31. The van der Waals surface area contributed by atoms with E-state index in [1.54, 1.807) is 12.1 Å². The van der Waals surface area contributed by atoms with Gasteiger partial charge in [-0.3, -0.25) is 0 Å². The largest absolute Gasteiger partial charge is 0.376 e. The highest BCUT2D eigenvalue weighted by molar-refractivity contribution is 5.30. The summed E-state index contributed by atoms with van der Waals surface area (Å²) in [4.78, 5) is 0. The Balaban J connectivity index is 1.96. The molecule has 1 aliphatic heterocycles. The minimum atomic E-state index is -0.195. The molecule has 0 amide bonds. The van der Waals surface area contributed by atoms with Gasteiger partial charge in [-0.15, -0.1) is 0 Å². The molecule has 0 N–H and O–H groups in total. The van der Waals surface area contributed by atoms with E-state index in [-0.39, 0.29) is 22.8 Å². The highest BCUT2D eigenvalue weighted by atomic mass is 19.1. The van der Waals surface area contributed by atoms with Crippen LogP contribution in [-0.4, -0.2) is 12.2 Å². The Bertz CT molecular complexity index is 662. The minimum Gasteiger partial charge on any atom is -0.376 e. The molecule has 2 atom stereocenters. The molecule has 1 aliphatic rings. The maximum atomic E-state index is 13.4. The van der Waals surface area contributed by atoms with Gasteiger partial charge in [0.05, 0.1) is 5.60 Å². The predicted molar refractivity (Wildman–Crippen MR) is 96.3 cm³/mol. The number of hydrogen-bond acceptors (Lipinski definition) is 1. The predicted octanol–water partition coefficient (Wildman–Crippen LogP) is 5.35. The van der Waals surface area contributed by atoms with Crippen molar-refractivity contribution in [1.29, 1.82) is 0 Å². The van der Waals surface area contributed by atoms with E-state index in [1.807, 2.05) is 18.2 Å². The maximum Gasteiger partial charge on any atom is 0.123 e. The Morgan fingerprint density at radius 3 is 2.38 bits per heavy atom. The first-order valence-electron chi connectivity index (χ1n) is 8.68. The third-order valence-corrected chi connectivity index (χ3v) is 5.31. The second kappa shape index (κ2) is 6.68. The van der Waals surface area contributed by atoms with Crippen molar-refractivity contribution < 1.29 is 9.13 Å². The van der Waals surface area contributed by atoms with E-state index < -0.39 is 0 Å². The fourth-order valence-corrected chi connectivity index (χ4v) is 4.11. The summed E-state index contributed by atoms with van der Waals surface area (Å²) in [6.07, 6.45) is 2.73. The van der Waals surface area contributed by atoms with Gasteiger partial charge >= 0.3 is 0 Å². The van der Waals surface area contributed by atoms with Gasteiger partial charge in [0.1, 0.15) is 5.82 Å². The van der Waals surface area contributed by atoms with Gasteiger partial charge in [-0.1, -0.05) is 42.5 Å². The molecule has 24 heavy (non-hydrogen) atoms. The van der Waals surface area contributed by atoms with Gasteiger partial charge in [-0.05, 0) is 69.2 Å². The quantitative estimate of drug-likeness (QED) is 0.737. The number of ether oxygens (including phenoxy) is 1. The van der Waals surface area contributed by atoms with Crippen molar-refractivity contribution in [1.82, 2.24) is 0 Å². The smallest absolute Gasteiger partial charge is 0.123 e. The average molecular weight is 325 g/mol. The number of hydrogen-bond donors (Lipinski definition) is 0. The normalized spacial score (nSPS) is 24.5. The number of benzene rings is 2. The Morgan fingerprint density at radius 1 is 1.08 bits per heavy atom. The molecule has 3 rings (SSSR count). The molecule has 0 aromatic heterocycles. The van der Waals surface area contributed by atoms with Crippen LogP contribution in [0.1, 0.15) is 37.8 Å². The van der Waals surface area contributed by atoms with Gasteiger partial charge in [0.25, 0.3) is 0 Å². The van der Waals surface area contributed by atoms with E-state index >= 15 is 0 Å². The summed E-state index contributed by atoms with van der Waals surface area (Å²) in [6, 6.07) is 17.5. The van der Waals surface area contributed by atoms with Crippen LogP contribution in [0.4, 0.5) is 4.39 Å². The van der Waals surface area contributed by atoms with Crippen LogP contribution in [0.3, 0.4) is 0 Å². The second-order valence-corrected chi connectivity index (χ2v) is 7.58. The lowest BCUT2D eigenvalue weighted by atomic mass is 9.61. The molecule has 127 valence electrons. The average Bonchev–Trinajstić information content (AvgIpc) is 2.55. The van der Waals surface area contributed by atoms with E-state index in [0.29, 0.717) is 6.61 Å². The van der Waals surface area contributed by atoms with Gasteiger partial charge in [0.2, 0.25) is 0 Å². The number of halogens is 1. The van der Waals surface area contributed by atoms with E-state index in [0.717, 1.165) is 19.3 Å². The molecule has 2 aromatic carbocycles. The summed E-state index contributed by atoms with van der Waals surface area (Å²) in [5.41, 5.74) is 2.18. The van der Waals surface area contributed by atoms with Crippen LogP contribution in [0, 0.1) is 18.7 Å². The molecular formula is C22H26FO. The van der Waals surface area contributed by atoms with E-state index in [1.165, 1.54) is 11.1 Å². The van der Waals surface area contributed by atoms with Crippen molar-refractivity contribution in [3.63, 3.8) is 0 Å². The molecule has 1 nitrogen and oxygen atoms in total. The molecule has 1 saturated heterocycles. The fraction of sp³-hybridized carbons (Fsp3) is 0.409. The molecular weight excluding hydrogens is 299 g/mol. The molecule has 2 heteroatoms. The summed E-state index contributed by atoms with van der Waals surface area (Å²) in [5.74, 6) is 0.0115. The molecule has 2 aromatic rings. The molecule has 1 heterocycles. The van der Waals surface area contributed by atoms with Crippen LogP contribution in [0.5, 0.6) is 0 Å². The van der Waals surface area contributed by atoms with Crippen molar-refractivity contribution in [3.8, 4) is 0 Å². The Kier molecular flexibility index (Phi) is 4.78. The van der Waals surface area contributed by atoms with Crippen LogP contribution in [0.2, 0.25) is 0 Å². The van der Waals surface area contributed by atoms with Gasteiger partial charge in [-0.25, -0.2) is 4.39 Å². The number of rotatable bonds is 4. The van der Waals surface area contributed by atoms with Crippen molar-refractivity contribution in [2.45, 2.75) is 44.1 Å². The van der Waals surface area contributed by atoms with E-state index in [2.05, 4.69) is 45.0 Å². The molecule has 0 bridgehead atoms. The van der Waals surface area contributed by atoms with Crippen LogP contribution in [0.25, 0.3) is 0 Å². The zero-order chi connectivity index (χ0) is 17.2. The zero-order valence-corrected chi connectivity index (χ0v) is 14.6. The highest BCUT2D eigenvalue weighted by Gasteiger charge is 2.45. The Morgan fingerprint density at radius 2 is 1.75 bits per heavy atom. The van der Waals surface area contributed by atoms with Gasteiger partial charge in [-0.2, -0.15) is 0 Å². The lowest BCUT2D eigenvalue weighted by Gasteiger charge is -2.49. The second-order valence-electron chi connectivity index (χ2n) is 7.58. The van der Waals surface area contributed by atoms with Crippen LogP contribution >= 0.6 is 0 Å². The van der Waals surface area contributed by atoms with Crippen molar-refractivity contribution >= 4 is 0 Å². The van der Waals surface area contributed by atoms with Gasteiger partial charge in [0.15, 0.2) is 0 Å². The van der Waals surface area contributed by atoms with E-state index in [4.69, 9.17) is 4.74 Å². The van der Waals surface area contributed by atoms with E-state index in [9.17, 15) is 4.39 Å². The Labute approximate surface area is 144 Å². The molecule has 0 spiro atoms. The monoisotopic (exact) mass is 325 g/mol. The zero-order valence-electron chi connectivity index (χ0n) is 14.6. The first-order valence-corrected chi connectivity index (χ1v) is 8.68. The maximum absolute atomic E-state index is 13.4. The fourth-order valence-electron chi connectivity index (χ4n) is 4.11. The minimum absolute atomic E-state index is 0.0920. The van der Waals surface area contributed by atoms with Crippen molar-refractivity contribution in [2.24, 2.45) is 5.92 Å². The molecule has 0 saturated carbocycles. The summed E-state index contributed by atoms with van der Waals surface area (Å²) >= 11 is 0. The lowest BCUT2D eigenvalue weighted by molar-refractivity contribution is -0.0913. The molecule has 1 fully saturated rings. The standard InChI is InChI=1S/C22H26FO/c1-17(15-18-7-5-4-6-8-18)22(13-14-24-21(2,3)16-22)19-9-11-20(23)12-10-19/h4-12,17H,1,13-16H2,2-3H3. The van der Waals surface area contributed by atoms with Crippen LogP contribution in [0.15, 0.2) is 54.6 Å². The molecule has 0 aliphatic carbocycles. The summed E-state index contributed by atoms with van der Waals surface area (Å²) in [7, 11) is 0. The Hall–Kier alpha value is -1.67. The molecule has 1 radical (unpaired) electrons. The summed E-state index contributed by atoms with van der Waals surface area (Å²) < 4.78 is 19.4. The third kappa shape index (κ3) is 3.54. The first-order chi connectivity index (χ1) is 11.4. The topological polar surface area (TPSA) is 9.23 Å². The van der Waals surface area contributed by atoms with Crippen LogP contribution < -0.4 is 0 Å². The SMILES string of the molecule is [CH2]C(Cc1ccccc1)C1(c2ccc(F)cc2)CCOC(C)(C)C1.